The summed E-state index contributed by atoms with van der Waals surface area (Å²) >= 11 is 0. The van der Waals surface area contributed by atoms with Crippen molar-refractivity contribution in [1.29, 1.82) is 0 Å². The monoisotopic (exact) mass is 1340 g/mol. The number of phosphoric ester groups is 2. The van der Waals surface area contributed by atoms with Crippen LogP contribution in [0.1, 0.15) is 357 Å². The lowest BCUT2D eigenvalue weighted by Crippen LogP contribution is -2.30. The van der Waals surface area contributed by atoms with E-state index in [1.807, 2.05) is 0 Å². The van der Waals surface area contributed by atoms with Gasteiger partial charge in [0.2, 0.25) is 0 Å². The molecular formula is C72H140O17P2. The smallest absolute Gasteiger partial charge is 0.462 e. The summed E-state index contributed by atoms with van der Waals surface area (Å²) in [5.41, 5.74) is 0. The van der Waals surface area contributed by atoms with Crippen molar-refractivity contribution in [2.45, 2.75) is 375 Å². The number of ether oxygens (including phenoxy) is 4. The van der Waals surface area contributed by atoms with Gasteiger partial charge in [0.05, 0.1) is 26.4 Å². The lowest BCUT2D eigenvalue weighted by atomic mass is 9.99. The highest BCUT2D eigenvalue weighted by molar-refractivity contribution is 7.47. The van der Waals surface area contributed by atoms with Crippen molar-refractivity contribution in [3.8, 4) is 0 Å². The molecule has 0 spiro atoms. The summed E-state index contributed by atoms with van der Waals surface area (Å²) in [6, 6.07) is 0. The van der Waals surface area contributed by atoms with Gasteiger partial charge < -0.3 is 33.8 Å². The van der Waals surface area contributed by atoms with Crippen molar-refractivity contribution in [1.82, 2.24) is 0 Å². The molecule has 0 saturated carbocycles. The molecule has 3 N–H and O–H groups in total. The summed E-state index contributed by atoms with van der Waals surface area (Å²) in [4.78, 5) is 72.6. The van der Waals surface area contributed by atoms with Crippen molar-refractivity contribution < 1.29 is 80.2 Å². The van der Waals surface area contributed by atoms with E-state index < -0.39 is 97.5 Å². The van der Waals surface area contributed by atoms with Gasteiger partial charge in [-0.3, -0.25) is 37.3 Å². The fourth-order valence-electron chi connectivity index (χ4n) is 10.8. The Bertz CT molecular complexity index is 1800. The number of carbonyl (C=O) groups is 4. The van der Waals surface area contributed by atoms with E-state index in [4.69, 9.17) is 37.0 Å². The van der Waals surface area contributed by atoms with Gasteiger partial charge in [-0.25, -0.2) is 9.13 Å². The van der Waals surface area contributed by atoms with Crippen LogP contribution in [0.15, 0.2) is 0 Å². The van der Waals surface area contributed by atoms with Crippen molar-refractivity contribution in [3.63, 3.8) is 0 Å². The van der Waals surface area contributed by atoms with E-state index in [2.05, 4.69) is 55.4 Å². The first-order valence-electron chi connectivity index (χ1n) is 37.2. The van der Waals surface area contributed by atoms with Crippen LogP contribution >= 0.6 is 15.6 Å². The molecule has 0 aromatic heterocycles. The van der Waals surface area contributed by atoms with E-state index in [-0.39, 0.29) is 25.7 Å². The van der Waals surface area contributed by atoms with E-state index in [0.29, 0.717) is 31.6 Å². The van der Waals surface area contributed by atoms with Gasteiger partial charge in [0.15, 0.2) is 12.2 Å². The molecule has 540 valence electrons. The highest BCUT2D eigenvalue weighted by Crippen LogP contribution is 2.45. The zero-order chi connectivity index (χ0) is 67.5. The van der Waals surface area contributed by atoms with Gasteiger partial charge in [0.1, 0.15) is 19.3 Å². The molecule has 0 aromatic rings. The van der Waals surface area contributed by atoms with E-state index in [9.17, 15) is 43.2 Å². The molecule has 6 atom stereocenters. The van der Waals surface area contributed by atoms with Crippen molar-refractivity contribution in [3.05, 3.63) is 0 Å². The van der Waals surface area contributed by atoms with Crippen LogP contribution in [0.4, 0.5) is 0 Å². The van der Waals surface area contributed by atoms with Crippen molar-refractivity contribution in [2.75, 3.05) is 39.6 Å². The Labute approximate surface area is 556 Å². The zero-order valence-corrected chi connectivity index (χ0v) is 61.3. The second-order valence-electron chi connectivity index (χ2n) is 27.6. The van der Waals surface area contributed by atoms with Crippen molar-refractivity contribution >= 4 is 39.5 Å². The molecule has 0 saturated heterocycles. The molecule has 0 fully saturated rings. The second kappa shape index (κ2) is 61.6. The number of esters is 4. The van der Waals surface area contributed by atoms with Gasteiger partial charge in [0.25, 0.3) is 0 Å². The van der Waals surface area contributed by atoms with Crippen LogP contribution in [0.2, 0.25) is 0 Å². The maximum Gasteiger partial charge on any atom is 0.472 e. The number of phosphoric acid groups is 2. The van der Waals surface area contributed by atoms with E-state index in [1.165, 1.54) is 154 Å². The Morgan fingerprint density at radius 1 is 0.308 bits per heavy atom. The predicted octanol–water partition coefficient (Wildman–Crippen LogP) is 20.5. The van der Waals surface area contributed by atoms with Crippen LogP contribution in [0.3, 0.4) is 0 Å². The third kappa shape index (κ3) is 65.1. The van der Waals surface area contributed by atoms with Gasteiger partial charge in [-0.05, 0) is 49.4 Å². The Kier molecular flexibility index (Phi) is 60.3. The molecule has 0 aromatic carbocycles. The molecule has 4 unspecified atom stereocenters. The van der Waals surface area contributed by atoms with Gasteiger partial charge in [-0.2, -0.15) is 0 Å². The van der Waals surface area contributed by atoms with E-state index in [1.54, 1.807) is 0 Å². The molecule has 0 aliphatic rings. The first-order chi connectivity index (χ1) is 43.6. The average Bonchev–Trinajstić information content (AvgIpc) is 3.63. The normalized spacial score (nSPS) is 14.5. The SMILES string of the molecule is CCC(C)CCCCCCCCCCCCC(=O)O[C@H](COC(=O)CCCCCCCCCCCCCCC(C)C)COP(=O)(O)OCC(O)COP(=O)(O)OC[C@@H](COC(=O)CCCCCCCCCC(C)C)OC(=O)CCCCCCCCCCCC(C)C. The Morgan fingerprint density at radius 3 is 0.780 bits per heavy atom. The zero-order valence-electron chi connectivity index (χ0n) is 59.5. The number of aliphatic hydroxyl groups is 1. The van der Waals surface area contributed by atoms with Crippen LogP contribution in [-0.2, 0) is 65.4 Å². The van der Waals surface area contributed by atoms with E-state index in [0.717, 1.165) is 114 Å². The predicted molar refractivity (Wildman–Crippen MR) is 367 cm³/mol. The lowest BCUT2D eigenvalue weighted by molar-refractivity contribution is -0.161. The van der Waals surface area contributed by atoms with Crippen LogP contribution < -0.4 is 0 Å². The lowest BCUT2D eigenvalue weighted by Gasteiger charge is -2.21. The first-order valence-corrected chi connectivity index (χ1v) is 40.2. The largest absolute Gasteiger partial charge is 0.472 e. The summed E-state index contributed by atoms with van der Waals surface area (Å²) in [5.74, 6) is 0.899. The highest BCUT2D eigenvalue weighted by Gasteiger charge is 2.30. The summed E-state index contributed by atoms with van der Waals surface area (Å²) < 4.78 is 68.4. The van der Waals surface area contributed by atoms with Crippen LogP contribution in [0.25, 0.3) is 0 Å². The minimum Gasteiger partial charge on any atom is -0.462 e. The third-order valence-electron chi connectivity index (χ3n) is 16.9. The summed E-state index contributed by atoms with van der Waals surface area (Å²) in [6.45, 7) is 14.1. The average molecular weight is 1340 g/mol. The molecule has 0 bridgehead atoms. The number of unbranched alkanes of at least 4 members (excludes halogenated alkanes) is 34. The maximum atomic E-state index is 13.0. The number of rotatable bonds is 69. The van der Waals surface area contributed by atoms with Gasteiger partial charge in [0, 0.05) is 25.7 Å². The van der Waals surface area contributed by atoms with Crippen LogP contribution in [0.5, 0.6) is 0 Å². The topological polar surface area (TPSA) is 237 Å². The highest BCUT2D eigenvalue weighted by atomic mass is 31.2. The van der Waals surface area contributed by atoms with Crippen LogP contribution in [-0.4, -0.2) is 96.7 Å². The van der Waals surface area contributed by atoms with Crippen molar-refractivity contribution in [2.24, 2.45) is 23.7 Å². The molecule has 0 radical (unpaired) electrons. The molecule has 0 amide bonds. The molecule has 0 aliphatic carbocycles. The summed E-state index contributed by atoms with van der Waals surface area (Å²) in [7, 11) is -9.91. The third-order valence-corrected chi connectivity index (χ3v) is 18.8. The molecule has 17 nitrogen and oxygen atoms in total. The van der Waals surface area contributed by atoms with Gasteiger partial charge in [-0.1, -0.05) is 306 Å². The number of hydrogen-bond donors (Lipinski definition) is 3. The molecule has 0 aliphatic heterocycles. The number of aliphatic hydroxyl groups excluding tert-OH is 1. The Morgan fingerprint density at radius 2 is 0.527 bits per heavy atom. The quantitative estimate of drug-likeness (QED) is 0.0222. The summed E-state index contributed by atoms with van der Waals surface area (Å²) in [5, 5.41) is 10.6. The molecule has 0 rings (SSSR count). The second-order valence-corrected chi connectivity index (χ2v) is 30.6. The Balaban J connectivity index is 5.26. The molecule has 91 heavy (non-hydrogen) atoms. The molecular weight excluding hydrogens is 1200 g/mol. The minimum absolute atomic E-state index is 0.104. The fourth-order valence-corrected chi connectivity index (χ4v) is 12.4. The van der Waals surface area contributed by atoms with Gasteiger partial charge in [-0.15, -0.1) is 0 Å². The first kappa shape index (κ1) is 89.1. The van der Waals surface area contributed by atoms with E-state index >= 15 is 0 Å². The maximum absolute atomic E-state index is 13.0. The molecule has 0 heterocycles. The number of hydrogen-bond acceptors (Lipinski definition) is 15. The van der Waals surface area contributed by atoms with Gasteiger partial charge >= 0.3 is 39.5 Å². The number of carbonyl (C=O) groups excluding carboxylic acids is 4. The standard InChI is InChI=1S/C72H140O17P2/c1-9-65(8)51-43-35-27-19-14-15-21-29-38-46-54-71(76)88-67(58-82-69(74)52-44-36-28-20-13-11-10-12-17-24-32-40-48-62(2)3)60-86-90(78,79)84-56-66(73)57-85-91(80,81)87-61-68(59-83-70(75)53-45-37-31-23-26-34-42-50-64(6)7)89-72(77)55-47-39-30-22-16-18-25-33-41-49-63(4)5/h62-68,73H,9-61H2,1-8H3,(H,78,79)(H,80,81)/t65?,66?,67-,68-/m1/s1. The van der Waals surface area contributed by atoms with Crippen LogP contribution in [0, 0.1) is 23.7 Å². The Hall–Kier alpha value is -1.94. The minimum atomic E-state index is -4.95. The summed E-state index contributed by atoms with van der Waals surface area (Å²) in [6.07, 6.45) is 44.4. The molecule has 19 heteroatoms. The fraction of sp³-hybridized carbons (Fsp3) is 0.944.